The van der Waals surface area contributed by atoms with Gasteiger partial charge in [0.05, 0.1) is 10.7 Å². The molecule has 2 aromatic rings. The Bertz CT molecular complexity index is 476. The van der Waals surface area contributed by atoms with Gasteiger partial charge in [0.2, 0.25) is 0 Å². The fourth-order valence-electron chi connectivity index (χ4n) is 1.56. The van der Waals surface area contributed by atoms with Crippen molar-refractivity contribution in [1.29, 1.82) is 0 Å². The summed E-state index contributed by atoms with van der Waals surface area (Å²) in [5.74, 6) is 0.432. The summed E-state index contributed by atoms with van der Waals surface area (Å²) >= 11 is 6.10. The number of nitrogens with zero attached hydrogens (tertiary/aromatic N) is 1. The van der Waals surface area contributed by atoms with Gasteiger partial charge in [0.25, 0.3) is 0 Å². The number of nitrogens with two attached hydrogens (primary N) is 1. The highest BCUT2D eigenvalue weighted by molar-refractivity contribution is 6.33. The summed E-state index contributed by atoms with van der Waals surface area (Å²) in [6, 6.07) is 7.62. The number of aryl methyl sites for hydroxylation is 1. The first-order valence-electron chi connectivity index (χ1n) is 4.81. The summed E-state index contributed by atoms with van der Waals surface area (Å²) in [5, 5.41) is 0.693. The molecule has 2 rings (SSSR count). The van der Waals surface area contributed by atoms with Crippen LogP contribution in [0, 0.1) is 0 Å². The molecule has 3 N–H and O–H groups in total. The maximum absolute atomic E-state index is 6.10. The van der Waals surface area contributed by atoms with Gasteiger partial charge < -0.3 is 10.7 Å². The molecule has 0 atom stereocenters. The van der Waals surface area contributed by atoms with Crippen molar-refractivity contribution in [3.05, 3.63) is 35.0 Å². The minimum absolute atomic E-state index is 0.432. The number of nitrogen functional groups attached to an aromatic ring is 1. The number of rotatable bonds is 2. The quantitative estimate of drug-likeness (QED) is 0.820. The lowest BCUT2D eigenvalue weighted by Crippen LogP contribution is -1.86. The molecule has 78 valence electrons. The van der Waals surface area contributed by atoms with Crippen molar-refractivity contribution >= 4 is 17.5 Å². The molecule has 0 aliphatic heterocycles. The summed E-state index contributed by atoms with van der Waals surface area (Å²) in [4.78, 5) is 7.28. The van der Waals surface area contributed by atoms with E-state index in [2.05, 4.69) is 9.97 Å². The van der Waals surface area contributed by atoms with Gasteiger partial charge in [-0.15, -0.1) is 0 Å². The van der Waals surface area contributed by atoms with Gasteiger partial charge in [0.15, 0.2) is 5.95 Å². The van der Waals surface area contributed by atoms with Crippen LogP contribution in [0.15, 0.2) is 24.3 Å². The molecule has 0 saturated carbocycles. The minimum atomic E-state index is 0.432. The molecule has 0 amide bonds. The number of anilines is 1. The lowest BCUT2D eigenvalue weighted by atomic mass is 10.1. The van der Waals surface area contributed by atoms with Crippen LogP contribution in [0.5, 0.6) is 0 Å². The molecule has 1 aromatic carbocycles. The van der Waals surface area contributed by atoms with Crippen molar-refractivity contribution in [2.24, 2.45) is 0 Å². The van der Waals surface area contributed by atoms with Gasteiger partial charge in [0, 0.05) is 11.3 Å². The number of hydrogen-bond donors (Lipinski definition) is 2. The molecule has 0 spiro atoms. The van der Waals surface area contributed by atoms with Gasteiger partial charge >= 0.3 is 0 Å². The zero-order chi connectivity index (χ0) is 10.8. The third kappa shape index (κ3) is 1.83. The third-order valence-electron chi connectivity index (χ3n) is 2.28. The Morgan fingerprint density at radius 2 is 2.13 bits per heavy atom. The lowest BCUT2D eigenvalue weighted by molar-refractivity contribution is 1.07. The van der Waals surface area contributed by atoms with Crippen molar-refractivity contribution in [2.45, 2.75) is 13.3 Å². The third-order valence-corrected chi connectivity index (χ3v) is 2.61. The van der Waals surface area contributed by atoms with Gasteiger partial charge in [-0.2, -0.15) is 0 Å². The maximum Gasteiger partial charge on any atom is 0.198 e. The Labute approximate surface area is 93.3 Å². The van der Waals surface area contributed by atoms with E-state index in [9.17, 15) is 0 Å². The summed E-state index contributed by atoms with van der Waals surface area (Å²) < 4.78 is 0. The second kappa shape index (κ2) is 3.95. The fraction of sp³-hybridized carbons (Fsp3) is 0.182. The number of nitrogens with one attached hydrogen (secondary N) is 1. The van der Waals surface area contributed by atoms with E-state index in [0.717, 1.165) is 23.4 Å². The highest BCUT2D eigenvalue weighted by Gasteiger charge is 2.11. The van der Waals surface area contributed by atoms with E-state index in [0.29, 0.717) is 11.0 Å². The first-order valence-corrected chi connectivity index (χ1v) is 5.19. The number of imidazole rings is 1. The predicted octanol–water partition coefficient (Wildman–Crippen LogP) is 2.87. The molecule has 4 heteroatoms. The number of aromatic amines is 1. The lowest BCUT2D eigenvalue weighted by Gasteiger charge is -2.02. The van der Waals surface area contributed by atoms with Crippen LogP contribution in [-0.2, 0) is 6.42 Å². The molecule has 0 bridgehead atoms. The molecule has 0 saturated heterocycles. The molecule has 0 radical (unpaired) electrons. The largest absolute Gasteiger partial charge is 0.369 e. The first kappa shape index (κ1) is 10.1. The average Bonchev–Trinajstić information content (AvgIpc) is 2.60. The molecular formula is C11H12ClN3. The van der Waals surface area contributed by atoms with Gasteiger partial charge in [-0.25, -0.2) is 4.98 Å². The Hall–Kier alpha value is -1.48. The van der Waals surface area contributed by atoms with Crippen LogP contribution in [0.25, 0.3) is 11.3 Å². The van der Waals surface area contributed by atoms with Gasteiger partial charge in [0.1, 0.15) is 0 Å². The predicted molar refractivity (Wildman–Crippen MR) is 62.8 cm³/mol. The first-order chi connectivity index (χ1) is 7.22. The van der Waals surface area contributed by atoms with E-state index in [4.69, 9.17) is 17.3 Å². The fourth-order valence-corrected chi connectivity index (χ4v) is 1.79. The molecule has 3 nitrogen and oxygen atoms in total. The SMILES string of the molecule is CCc1[nH]c(N)nc1-c1ccccc1Cl. The summed E-state index contributed by atoms with van der Waals surface area (Å²) in [5.41, 5.74) is 8.42. The Balaban J connectivity index is 2.58. The molecule has 0 unspecified atom stereocenters. The van der Waals surface area contributed by atoms with Crippen molar-refractivity contribution in [3.63, 3.8) is 0 Å². The maximum atomic E-state index is 6.10. The highest BCUT2D eigenvalue weighted by Crippen LogP contribution is 2.29. The van der Waals surface area contributed by atoms with E-state index in [1.54, 1.807) is 0 Å². The molecular weight excluding hydrogens is 210 g/mol. The van der Waals surface area contributed by atoms with Crippen molar-refractivity contribution in [1.82, 2.24) is 9.97 Å². The number of halogens is 1. The van der Waals surface area contributed by atoms with Crippen LogP contribution in [0.2, 0.25) is 5.02 Å². The Morgan fingerprint density at radius 1 is 1.40 bits per heavy atom. The van der Waals surface area contributed by atoms with Crippen LogP contribution in [0.1, 0.15) is 12.6 Å². The summed E-state index contributed by atoms with van der Waals surface area (Å²) in [6.45, 7) is 2.05. The highest BCUT2D eigenvalue weighted by atomic mass is 35.5. The van der Waals surface area contributed by atoms with Crippen LogP contribution >= 0.6 is 11.6 Å². The van der Waals surface area contributed by atoms with E-state index < -0.39 is 0 Å². The second-order valence-electron chi connectivity index (χ2n) is 3.28. The topological polar surface area (TPSA) is 54.7 Å². The molecule has 1 aromatic heterocycles. The number of aromatic nitrogens is 2. The van der Waals surface area contributed by atoms with E-state index in [1.807, 2.05) is 31.2 Å². The van der Waals surface area contributed by atoms with Crippen LogP contribution in [-0.4, -0.2) is 9.97 Å². The van der Waals surface area contributed by atoms with Crippen LogP contribution in [0.4, 0.5) is 5.95 Å². The Kier molecular flexibility index (Phi) is 2.64. The molecule has 15 heavy (non-hydrogen) atoms. The van der Waals surface area contributed by atoms with Crippen LogP contribution in [0.3, 0.4) is 0 Å². The average molecular weight is 222 g/mol. The van der Waals surface area contributed by atoms with Crippen molar-refractivity contribution in [3.8, 4) is 11.3 Å². The molecule has 1 heterocycles. The van der Waals surface area contributed by atoms with E-state index >= 15 is 0 Å². The minimum Gasteiger partial charge on any atom is -0.369 e. The molecule has 0 aliphatic rings. The van der Waals surface area contributed by atoms with Crippen molar-refractivity contribution in [2.75, 3.05) is 5.73 Å². The van der Waals surface area contributed by atoms with Gasteiger partial charge in [-0.3, -0.25) is 0 Å². The monoisotopic (exact) mass is 221 g/mol. The zero-order valence-electron chi connectivity index (χ0n) is 8.42. The normalized spacial score (nSPS) is 10.5. The smallest absolute Gasteiger partial charge is 0.198 e. The standard InChI is InChI=1S/C11H12ClN3/c1-2-9-10(15-11(13)14-9)7-5-3-4-6-8(7)12/h3-6H,2H2,1H3,(H3,13,14,15). The number of H-pyrrole nitrogens is 1. The van der Waals surface area contributed by atoms with Gasteiger partial charge in [-0.1, -0.05) is 36.7 Å². The van der Waals surface area contributed by atoms with E-state index in [-0.39, 0.29) is 0 Å². The summed E-state index contributed by atoms with van der Waals surface area (Å²) in [7, 11) is 0. The number of hydrogen-bond acceptors (Lipinski definition) is 2. The molecule has 0 aliphatic carbocycles. The zero-order valence-corrected chi connectivity index (χ0v) is 9.17. The van der Waals surface area contributed by atoms with E-state index in [1.165, 1.54) is 0 Å². The van der Waals surface area contributed by atoms with Gasteiger partial charge in [-0.05, 0) is 12.5 Å². The summed E-state index contributed by atoms with van der Waals surface area (Å²) in [6.07, 6.45) is 0.852. The second-order valence-corrected chi connectivity index (χ2v) is 3.69. The Morgan fingerprint density at radius 3 is 2.80 bits per heavy atom. The van der Waals surface area contributed by atoms with Crippen LogP contribution < -0.4 is 5.73 Å². The molecule has 0 fully saturated rings. The number of benzene rings is 1. The van der Waals surface area contributed by atoms with Crippen molar-refractivity contribution < 1.29 is 0 Å².